The summed E-state index contributed by atoms with van der Waals surface area (Å²) in [5.41, 5.74) is 11.1. The quantitative estimate of drug-likeness (QED) is 0.228. The fourth-order valence-corrected chi connectivity index (χ4v) is 1.06. The molecule has 0 aliphatic heterocycles. The van der Waals surface area contributed by atoms with Crippen molar-refractivity contribution >= 4 is 35.5 Å². The van der Waals surface area contributed by atoms with Gasteiger partial charge in [-0.15, -0.1) is 0 Å². The maximum atomic E-state index is 11.3. The number of nitrogens with one attached hydrogen (secondary N) is 1. The molecule has 0 atom stereocenters. The van der Waals surface area contributed by atoms with E-state index in [0.29, 0.717) is 0 Å². The van der Waals surface area contributed by atoms with Crippen LogP contribution in [0.3, 0.4) is 0 Å². The van der Waals surface area contributed by atoms with Crippen LogP contribution in [-0.4, -0.2) is 22.2 Å². The van der Waals surface area contributed by atoms with Crippen molar-refractivity contribution in [3.8, 4) is 0 Å². The van der Waals surface area contributed by atoms with E-state index in [1.165, 1.54) is 0 Å². The Balaban J connectivity index is 2.81. The molecule has 1 rings (SSSR count). The van der Waals surface area contributed by atoms with Gasteiger partial charge >= 0.3 is 0 Å². The Morgan fingerprint density at radius 2 is 2.12 bits per heavy atom. The van der Waals surface area contributed by atoms with Gasteiger partial charge < -0.3 is 22.6 Å². The van der Waals surface area contributed by atoms with Gasteiger partial charge in [-0.2, -0.15) is 5.10 Å². The lowest BCUT2D eigenvalue weighted by Gasteiger charge is -2.05. The number of anilines is 2. The van der Waals surface area contributed by atoms with E-state index >= 15 is 0 Å². The molecule has 0 saturated carbocycles. The van der Waals surface area contributed by atoms with Crippen LogP contribution in [0.2, 0.25) is 5.15 Å². The third-order valence-electron chi connectivity index (χ3n) is 1.61. The molecule has 7 N–H and O–H groups in total. The molecule has 0 aromatic carbocycles. The monoisotopic (exact) mass is 243 g/mol. The van der Waals surface area contributed by atoms with Gasteiger partial charge in [0.1, 0.15) is 12.2 Å². The minimum Gasteiger partial charge on any atom is -0.382 e. The molecule has 8 nitrogen and oxygen atoms in total. The summed E-state index contributed by atoms with van der Waals surface area (Å²) < 4.78 is 0. The molecule has 1 amide bonds. The molecule has 0 fully saturated rings. The van der Waals surface area contributed by atoms with Crippen molar-refractivity contribution in [1.29, 1.82) is 0 Å². The van der Waals surface area contributed by atoms with E-state index in [0.717, 1.165) is 6.34 Å². The Kier molecular flexibility index (Phi) is 3.84. The number of hydrogen-bond acceptors (Lipinski definition) is 7. The van der Waals surface area contributed by atoms with Crippen LogP contribution in [0.1, 0.15) is 5.69 Å². The van der Waals surface area contributed by atoms with E-state index in [4.69, 9.17) is 28.9 Å². The van der Waals surface area contributed by atoms with Crippen molar-refractivity contribution in [1.82, 2.24) is 15.3 Å². The van der Waals surface area contributed by atoms with E-state index in [-0.39, 0.29) is 28.9 Å². The second kappa shape index (κ2) is 5.12. The summed E-state index contributed by atoms with van der Waals surface area (Å²) in [4.78, 5) is 18.8. The Labute approximate surface area is 95.9 Å². The third kappa shape index (κ3) is 2.95. The number of rotatable bonds is 3. The van der Waals surface area contributed by atoms with Crippen LogP contribution in [0.15, 0.2) is 5.10 Å². The first-order valence-electron chi connectivity index (χ1n) is 4.13. The second-order valence-corrected chi connectivity index (χ2v) is 3.11. The van der Waals surface area contributed by atoms with E-state index in [2.05, 4.69) is 20.4 Å². The minimum atomic E-state index is -0.393. The largest absolute Gasteiger partial charge is 0.382 e. The topological polar surface area (TPSA) is 145 Å². The molecule has 0 radical (unpaired) electrons. The molecular formula is C7H10ClN7O. The normalized spacial score (nSPS) is 10.6. The van der Waals surface area contributed by atoms with Gasteiger partial charge in [0.25, 0.3) is 0 Å². The number of nitrogens with zero attached hydrogens (tertiary/aromatic N) is 3. The van der Waals surface area contributed by atoms with Crippen molar-refractivity contribution in [2.24, 2.45) is 10.9 Å². The first-order chi connectivity index (χ1) is 7.54. The highest BCUT2D eigenvalue weighted by molar-refractivity contribution is 6.31. The first kappa shape index (κ1) is 12.0. The van der Waals surface area contributed by atoms with Gasteiger partial charge in [-0.25, -0.2) is 9.97 Å². The number of nitrogens with two attached hydrogens (primary N) is 3. The molecule has 1 aromatic heterocycles. The fraction of sp³-hybridized carbons (Fsp3) is 0.143. The summed E-state index contributed by atoms with van der Waals surface area (Å²) in [5.74, 6) is 4.49. The van der Waals surface area contributed by atoms with Crippen LogP contribution in [-0.2, 0) is 11.2 Å². The highest BCUT2D eigenvalue weighted by Crippen LogP contribution is 2.17. The second-order valence-electron chi connectivity index (χ2n) is 2.75. The van der Waals surface area contributed by atoms with Crippen molar-refractivity contribution in [2.75, 3.05) is 11.5 Å². The van der Waals surface area contributed by atoms with Gasteiger partial charge in [0.05, 0.1) is 12.1 Å². The van der Waals surface area contributed by atoms with Crippen molar-refractivity contribution in [2.45, 2.75) is 6.42 Å². The summed E-state index contributed by atoms with van der Waals surface area (Å²) in [6.07, 6.45) is 0.954. The fourth-order valence-electron chi connectivity index (χ4n) is 0.916. The van der Waals surface area contributed by atoms with Gasteiger partial charge in [0.2, 0.25) is 5.91 Å². The van der Waals surface area contributed by atoms with Crippen LogP contribution >= 0.6 is 11.6 Å². The standard InChI is InChI=1S/C7H10ClN7O/c8-5-7(10)15-6(9)3(14-5)1-4(16)12-2-13-11/h2H,1,11H2,(H4,9,10,15)(H,12,13,16). The first-order valence-corrected chi connectivity index (χ1v) is 4.51. The van der Waals surface area contributed by atoms with Gasteiger partial charge in [0, 0.05) is 0 Å². The van der Waals surface area contributed by atoms with Crippen molar-refractivity contribution in [3.63, 3.8) is 0 Å². The third-order valence-corrected chi connectivity index (χ3v) is 1.89. The van der Waals surface area contributed by atoms with E-state index in [9.17, 15) is 4.79 Å². The lowest BCUT2D eigenvalue weighted by molar-refractivity contribution is -0.119. The van der Waals surface area contributed by atoms with Gasteiger partial charge in [-0.1, -0.05) is 11.6 Å². The molecule has 86 valence electrons. The van der Waals surface area contributed by atoms with Crippen LogP contribution in [0.5, 0.6) is 0 Å². The zero-order valence-corrected chi connectivity index (χ0v) is 8.90. The summed E-state index contributed by atoms with van der Waals surface area (Å²) in [6, 6.07) is 0. The molecule has 1 aromatic rings. The summed E-state index contributed by atoms with van der Waals surface area (Å²) in [5, 5.41) is 5.39. The predicted octanol–water partition coefficient (Wildman–Crippen LogP) is -1.14. The zero-order chi connectivity index (χ0) is 12.1. The summed E-state index contributed by atoms with van der Waals surface area (Å²) >= 11 is 5.64. The number of carbonyl (C=O) groups is 1. The minimum absolute atomic E-state index is 0.00416. The average molecular weight is 244 g/mol. The molecule has 1 heterocycles. The number of hydrogen-bond donors (Lipinski definition) is 4. The lowest BCUT2D eigenvalue weighted by Crippen LogP contribution is -2.25. The molecule has 0 aliphatic carbocycles. The molecule has 0 saturated heterocycles. The highest BCUT2D eigenvalue weighted by atomic mass is 35.5. The Hall–Kier alpha value is -2.09. The molecule has 16 heavy (non-hydrogen) atoms. The van der Waals surface area contributed by atoms with Gasteiger partial charge in [-0.3, -0.25) is 4.79 Å². The number of amides is 1. The smallest absolute Gasteiger partial charge is 0.231 e. The average Bonchev–Trinajstić information content (AvgIpc) is 2.23. The van der Waals surface area contributed by atoms with Crippen LogP contribution in [0.25, 0.3) is 0 Å². The Morgan fingerprint density at radius 1 is 1.44 bits per heavy atom. The van der Waals surface area contributed by atoms with E-state index in [1.54, 1.807) is 0 Å². The number of nitrogen functional groups attached to an aromatic ring is 2. The van der Waals surface area contributed by atoms with E-state index < -0.39 is 5.91 Å². The number of carbonyl (C=O) groups excluding carboxylic acids is 1. The molecule has 0 bridgehead atoms. The van der Waals surface area contributed by atoms with Crippen LogP contribution in [0.4, 0.5) is 11.6 Å². The van der Waals surface area contributed by atoms with E-state index in [1.807, 2.05) is 0 Å². The zero-order valence-electron chi connectivity index (χ0n) is 8.14. The molecule has 9 heteroatoms. The SMILES string of the molecule is NN=CNC(=O)Cc1nc(Cl)c(N)nc1N. The van der Waals surface area contributed by atoms with Crippen molar-refractivity contribution < 1.29 is 4.79 Å². The van der Waals surface area contributed by atoms with Crippen LogP contribution < -0.4 is 22.6 Å². The van der Waals surface area contributed by atoms with Crippen LogP contribution in [0, 0.1) is 0 Å². The Morgan fingerprint density at radius 3 is 2.75 bits per heavy atom. The maximum absolute atomic E-state index is 11.3. The number of aromatic nitrogens is 2. The van der Waals surface area contributed by atoms with Gasteiger partial charge in [-0.05, 0) is 0 Å². The molecule has 0 unspecified atom stereocenters. The number of hydrazone groups is 1. The highest BCUT2D eigenvalue weighted by Gasteiger charge is 2.11. The Bertz CT molecular complexity index is 433. The van der Waals surface area contributed by atoms with Crippen molar-refractivity contribution in [3.05, 3.63) is 10.8 Å². The summed E-state index contributed by atoms with van der Waals surface area (Å²) in [6.45, 7) is 0. The number of halogens is 1. The molecule has 0 spiro atoms. The molecular weight excluding hydrogens is 234 g/mol. The lowest BCUT2D eigenvalue weighted by atomic mass is 10.3. The van der Waals surface area contributed by atoms with Gasteiger partial charge in [0.15, 0.2) is 11.0 Å². The molecule has 0 aliphatic rings. The predicted molar refractivity (Wildman–Crippen MR) is 60.4 cm³/mol. The summed E-state index contributed by atoms with van der Waals surface area (Å²) in [7, 11) is 0. The maximum Gasteiger partial charge on any atom is 0.231 e.